The van der Waals surface area contributed by atoms with E-state index < -0.39 is 16.7 Å². The van der Waals surface area contributed by atoms with E-state index in [2.05, 4.69) is 5.32 Å². The van der Waals surface area contributed by atoms with E-state index >= 15 is 0 Å². The Balaban J connectivity index is 1.99. The second kappa shape index (κ2) is 6.09. The summed E-state index contributed by atoms with van der Waals surface area (Å²) in [5.74, 6) is -1.06. The van der Waals surface area contributed by atoms with Crippen LogP contribution >= 0.6 is 0 Å². The summed E-state index contributed by atoms with van der Waals surface area (Å²) >= 11 is 0. The summed E-state index contributed by atoms with van der Waals surface area (Å²) in [7, 11) is 0. The van der Waals surface area contributed by atoms with Gasteiger partial charge in [0.1, 0.15) is 5.70 Å². The number of nitro groups is 1. The number of nitro benzene ring substituents is 1. The standard InChI is InChI=1S/C16H13N3O5/c20-8-7-18-15(21)9-13(16(18)22)17-12-5-1-4-11-10(12)3-2-6-14(11)19(23)24/h1-6,9,17,20H,7-8H2. The molecule has 0 spiro atoms. The number of carbonyl (C=O) groups excluding carboxylic acids is 2. The number of benzene rings is 2. The number of rotatable bonds is 5. The van der Waals surface area contributed by atoms with Crippen molar-refractivity contribution in [1.29, 1.82) is 0 Å². The van der Waals surface area contributed by atoms with Gasteiger partial charge in [-0.15, -0.1) is 0 Å². The van der Waals surface area contributed by atoms with Gasteiger partial charge in [0.2, 0.25) is 0 Å². The van der Waals surface area contributed by atoms with Crippen LogP contribution in [0.1, 0.15) is 0 Å². The molecule has 122 valence electrons. The molecule has 2 aromatic rings. The monoisotopic (exact) mass is 327 g/mol. The molecule has 8 heteroatoms. The molecule has 0 radical (unpaired) electrons. The van der Waals surface area contributed by atoms with Crippen LogP contribution in [0.4, 0.5) is 11.4 Å². The van der Waals surface area contributed by atoms with Crippen LogP contribution < -0.4 is 5.32 Å². The first kappa shape index (κ1) is 15.6. The van der Waals surface area contributed by atoms with Gasteiger partial charge < -0.3 is 10.4 Å². The van der Waals surface area contributed by atoms with Crippen molar-refractivity contribution >= 4 is 34.0 Å². The summed E-state index contributed by atoms with van der Waals surface area (Å²) in [5, 5.41) is 23.9. The van der Waals surface area contributed by atoms with Crippen LogP contribution in [0.15, 0.2) is 48.2 Å². The molecule has 1 aliphatic rings. The quantitative estimate of drug-likeness (QED) is 0.488. The highest BCUT2D eigenvalue weighted by atomic mass is 16.6. The maximum atomic E-state index is 12.2. The smallest absolute Gasteiger partial charge is 0.277 e. The third-order valence-electron chi connectivity index (χ3n) is 3.70. The molecule has 8 nitrogen and oxygen atoms in total. The Morgan fingerprint density at radius 2 is 1.83 bits per heavy atom. The second-order valence-corrected chi connectivity index (χ2v) is 5.14. The molecule has 0 saturated heterocycles. The van der Waals surface area contributed by atoms with Crippen molar-refractivity contribution in [2.75, 3.05) is 18.5 Å². The Morgan fingerprint density at radius 3 is 2.54 bits per heavy atom. The number of non-ortho nitro benzene ring substituents is 1. The zero-order chi connectivity index (χ0) is 17.3. The van der Waals surface area contributed by atoms with E-state index in [-0.39, 0.29) is 24.5 Å². The number of hydrogen-bond acceptors (Lipinski definition) is 6. The first-order chi connectivity index (χ1) is 11.5. The summed E-state index contributed by atoms with van der Waals surface area (Å²) in [6.45, 7) is -0.403. The fourth-order valence-electron chi connectivity index (χ4n) is 2.62. The summed E-state index contributed by atoms with van der Waals surface area (Å²) in [6, 6.07) is 9.56. The molecular formula is C16H13N3O5. The van der Waals surface area contributed by atoms with E-state index in [1.54, 1.807) is 30.3 Å². The normalized spacial score (nSPS) is 14.2. The first-order valence-corrected chi connectivity index (χ1v) is 7.14. The van der Waals surface area contributed by atoms with Crippen molar-refractivity contribution in [3.8, 4) is 0 Å². The minimum absolute atomic E-state index is 0.0409. The zero-order valence-corrected chi connectivity index (χ0v) is 12.4. The number of β-amino-alcohol motifs (C(OH)–C–C–N with tert-alkyl or cyclic N) is 1. The lowest BCUT2D eigenvalue weighted by atomic mass is 10.1. The fourth-order valence-corrected chi connectivity index (χ4v) is 2.62. The Bertz CT molecular complexity index is 890. The van der Waals surface area contributed by atoms with Gasteiger partial charge in [-0.1, -0.05) is 18.2 Å². The average molecular weight is 327 g/mol. The predicted molar refractivity (Wildman–Crippen MR) is 86.1 cm³/mol. The molecule has 3 rings (SSSR count). The van der Waals surface area contributed by atoms with Gasteiger partial charge in [-0.25, -0.2) is 0 Å². The van der Waals surface area contributed by atoms with Gasteiger partial charge in [0, 0.05) is 23.2 Å². The molecule has 1 heterocycles. The highest BCUT2D eigenvalue weighted by Gasteiger charge is 2.30. The molecule has 2 N–H and O–H groups in total. The van der Waals surface area contributed by atoms with Crippen LogP contribution in [0, 0.1) is 10.1 Å². The van der Waals surface area contributed by atoms with E-state index in [0.29, 0.717) is 16.5 Å². The van der Waals surface area contributed by atoms with E-state index in [1.807, 2.05) is 0 Å². The minimum atomic E-state index is -0.545. The van der Waals surface area contributed by atoms with Crippen molar-refractivity contribution in [2.45, 2.75) is 0 Å². The van der Waals surface area contributed by atoms with E-state index in [1.165, 1.54) is 6.07 Å². The molecule has 2 amide bonds. The van der Waals surface area contributed by atoms with Crippen LogP contribution in [0.2, 0.25) is 0 Å². The van der Waals surface area contributed by atoms with Crippen LogP contribution in [0.5, 0.6) is 0 Å². The average Bonchev–Trinajstić information content (AvgIpc) is 2.82. The minimum Gasteiger partial charge on any atom is -0.395 e. The number of carbonyl (C=O) groups is 2. The maximum Gasteiger partial charge on any atom is 0.277 e. The molecule has 0 atom stereocenters. The number of aliphatic hydroxyl groups excluding tert-OH is 1. The Morgan fingerprint density at radius 1 is 1.12 bits per heavy atom. The molecule has 1 aliphatic heterocycles. The van der Waals surface area contributed by atoms with E-state index in [9.17, 15) is 19.7 Å². The van der Waals surface area contributed by atoms with Crippen LogP contribution in [-0.2, 0) is 9.59 Å². The SMILES string of the molecule is O=C1C=C(Nc2cccc3c([N+](=O)[O-])cccc23)C(=O)N1CCO. The van der Waals surface area contributed by atoms with Crippen molar-refractivity contribution in [3.05, 3.63) is 58.3 Å². The summed E-state index contributed by atoms with van der Waals surface area (Å²) in [6.07, 6.45) is 1.15. The summed E-state index contributed by atoms with van der Waals surface area (Å²) in [4.78, 5) is 35.5. The lowest BCUT2D eigenvalue weighted by Crippen LogP contribution is -2.34. The summed E-state index contributed by atoms with van der Waals surface area (Å²) in [5.41, 5.74) is 0.503. The van der Waals surface area contributed by atoms with Gasteiger partial charge in [-0.05, 0) is 12.1 Å². The number of aliphatic hydroxyl groups is 1. The van der Waals surface area contributed by atoms with Crippen LogP contribution in [-0.4, -0.2) is 39.9 Å². The molecular weight excluding hydrogens is 314 g/mol. The van der Waals surface area contributed by atoms with Gasteiger partial charge in [-0.3, -0.25) is 24.6 Å². The van der Waals surface area contributed by atoms with Crippen LogP contribution in [0.3, 0.4) is 0 Å². The van der Waals surface area contributed by atoms with Gasteiger partial charge in [0.15, 0.2) is 0 Å². The van der Waals surface area contributed by atoms with Gasteiger partial charge >= 0.3 is 0 Å². The molecule has 0 unspecified atom stereocenters. The third-order valence-corrected chi connectivity index (χ3v) is 3.70. The lowest BCUT2D eigenvalue weighted by Gasteiger charge is -2.14. The van der Waals surface area contributed by atoms with Crippen molar-refractivity contribution < 1.29 is 19.6 Å². The van der Waals surface area contributed by atoms with Crippen molar-refractivity contribution in [2.24, 2.45) is 0 Å². The first-order valence-electron chi connectivity index (χ1n) is 7.14. The molecule has 24 heavy (non-hydrogen) atoms. The largest absolute Gasteiger partial charge is 0.395 e. The van der Waals surface area contributed by atoms with Crippen molar-refractivity contribution in [3.63, 3.8) is 0 Å². The number of nitrogens with one attached hydrogen (secondary N) is 1. The maximum absolute atomic E-state index is 12.2. The predicted octanol–water partition coefficient (Wildman–Crippen LogP) is 1.40. The Labute approximate surface area is 136 Å². The van der Waals surface area contributed by atoms with Crippen LogP contribution in [0.25, 0.3) is 10.8 Å². The molecule has 0 aliphatic carbocycles. The van der Waals surface area contributed by atoms with Crippen molar-refractivity contribution in [1.82, 2.24) is 4.90 Å². The molecule has 0 saturated carbocycles. The van der Waals surface area contributed by atoms with E-state index in [0.717, 1.165) is 11.0 Å². The number of hydrogen-bond donors (Lipinski definition) is 2. The van der Waals surface area contributed by atoms with Gasteiger partial charge in [-0.2, -0.15) is 0 Å². The zero-order valence-electron chi connectivity index (χ0n) is 12.4. The molecule has 0 fully saturated rings. The second-order valence-electron chi connectivity index (χ2n) is 5.14. The number of fused-ring (bicyclic) bond motifs is 1. The highest BCUT2D eigenvalue weighted by molar-refractivity contribution is 6.18. The molecule has 2 aromatic carbocycles. The number of nitrogens with zero attached hydrogens (tertiary/aromatic N) is 2. The fraction of sp³-hybridized carbons (Fsp3) is 0.125. The number of anilines is 1. The lowest BCUT2D eigenvalue weighted by molar-refractivity contribution is -0.383. The Hall–Kier alpha value is -3.26. The molecule has 0 bridgehead atoms. The highest BCUT2D eigenvalue weighted by Crippen LogP contribution is 2.31. The van der Waals surface area contributed by atoms with Gasteiger partial charge in [0.25, 0.3) is 17.5 Å². The Kier molecular flexibility index (Phi) is 3.97. The van der Waals surface area contributed by atoms with Gasteiger partial charge in [0.05, 0.1) is 23.5 Å². The number of imide groups is 1. The third kappa shape index (κ3) is 2.59. The topological polar surface area (TPSA) is 113 Å². The summed E-state index contributed by atoms with van der Waals surface area (Å²) < 4.78 is 0. The number of amides is 2. The van der Waals surface area contributed by atoms with E-state index in [4.69, 9.17) is 5.11 Å². The molecule has 0 aromatic heterocycles.